The second-order valence-electron chi connectivity index (χ2n) is 4.53. The van der Waals surface area contributed by atoms with Crippen LogP contribution in [0.15, 0.2) is 24.3 Å². The van der Waals surface area contributed by atoms with Crippen molar-refractivity contribution in [2.24, 2.45) is 5.92 Å². The van der Waals surface area contributed by atoms with Gasteiger partial charge in [0.2, 0.25) is 0 Å². The number of hydrogen-bond donors (Lipinski definition) is 1. The molecule has 1 aliphatic rings. The van der Waals surface area contributed by atoms with E-state index in [1.54, 1.807) is 0 Å². The third-order valence-corrected chi connectivity index (χ3v) is 3.33. The smallest absolute Gasteiger partial charge is 0.303 e. The van der Waals surface area contributed by atoms with E-state index in [-0.39, 0.29) is 12.3 Å². The maximum Gasteiger partial charge on any atom is 0.303 e. The minimum Gasteiger partial charge on any atom is -0.481 e. The molecule has 0 heterocycles. The van der Waals surface area contributed by atoms with Crippen molar-refractivity contribution in [3.63, 3.8) is 0 Å². The summed E-state index contributed by atoms with van der Waals surface area (Å²) in [7, 11) is 0. The molecule has 1 atom stereocenters. The Morgan fingerprint density at radius 3 is 2.50 bits per heavy atom. The molecule has 0 bridgehead atoms. The summed E-state index contributed by atoms with van der Waals surface area (Å²) in [6, 6.07) is 7.55. The Morgan fingerprint density at radius 1 is 1.38 bits per heavy atom. The zero-order valence-corrected chi connectivity index (χ0v) is 9.78. The van der Waals surface area contributed by atoms with E-state index in [9.17, 15) is 4.79 Å². The minimum atomic E-state index is -0.722. The number of rotatable bonds is 5. The predicted octanol–water partition coefficient (Wildman–Crippen LogP) is 3.70. The fourth-order valence-electron chi connectivity index (χ4n) is 2.04. The van der Waals surface area contributed by atoms with Crippen molar-refractivity contribution in [3.8, 4) is 0 Å². The van der Waals surface area contributed by atoms with Crippen LogP contribution < -0.4 is 0 Å². The highest BCUT2D eigenvalue weighted by Gasteiger charge is 2.27. The molecule has 0 aromatic heterocycles. The first-order chi connectivity index (χ1) is 7.65. The van der Waals surface area contributed by atoms with Crippen LogP contribution in [0.25, 0.3) is 0 Å². The summed E-state index contributed by atoms with van der Waals surface area (Å²) in [4.78, 5) is 10.8. The maximum absolute atomic E-state index is 10.8. The minimum absolute atomic E-state index is 0.141. The van der Waals surface area contributed by atoms with Gasteiger partial charge in [-0.15, -0.1) is 0 Å². The summed E-state index contributed by atoms with van der Waals surface area (Å²) in [6.07, 6.45) is 3.72. The van der Waals surface area contributed by atoms with Crippen molar-refractivity contribution in [1.29, 1.82) is 0 Å². The molecule has 0 saturated heterocycles. The van der Waals surface area contributed by atoms with Gasteiger partial charge in [0.05, 0.1) is 6.42 Å². The third kappa shape index (κ3) is 3.24. The fraction of sp³-hybridized carbons (Fsp3) is 0.462. The summed E-state index contributed by atoms with van der Waals surface area (Å²) in [5.41, 5.74) is 1.10. The van der Waals surface area contributed by atoms with Gasteiger partial charge < -0.3 is 5.11 Å². The molecule has 1 aromatic carbocycles. The van der Waals surface area contributed by atoms with E-state index in [4.69, 9.17) is 16.7 Å². The predicted molar refractivity (Wildman–Crippen MR) is 63.8 cm³/mol. The van der Waals surface area contributed by atoms with E-state index < -0.39 is 5.97 Å². The Morgan fingerprint density at radius 2 is 2.00 bits per heavy atom. The molecule has 16 heavy (non-hydrogen) atoms. The van der Waals surface area contributed by atoms with Crippen LogP contribution in [0.5, 0.6) is 0 Å². The zero-order valence-electron chi connectivity index (χ0n) is 9.03. The van der Waals surface area contributed by atoms with Crippen molar-refractivity contribution in [3.05, 3.63) is 34.9 Å². The molecule has 0 radical (unpaired) electrons. The van der Waals surface area contributed by atoms with E-state index in [0.717, 1.165) is 17.9 Å². The van der Waals surface area contributed by atoms with Crippen LogP contribution >= 0.6 is 11.6 Å². The van der Waals surface area contributed by atoms with Gasteiger partial charge in [0.1, 0.15) is 0 Å². The Labute approximate surface area is 100 Å². The van der Waals surface area contributed by atoms with Crippen LogP contribution in [-0.2, 0) is 4.79 Å². The normalized spacial score (nSPS) is 17.1. The summed E-state index contributed by atoms with van der Waals surface area (Å²) < 4.78 is 0. The average molecular weight is 239 g/mol. The molecule has 0 amide bonds. The Kier molecular flexibility index (Phi) is 3.49. The van der Waals surface area contributed by atoms with E-state index in [1.807, 2.05) is 24.3 Å². The van der Waals surface area contributed by atoms with Gasteiger partial charge in [0, 0.05) is 5.02 Å². The lowest BCUT2D eigenvalue weighted by Gasteiger charge is -2.14. The topological polar surface area (TPSA) is 37.3 Å². The number of carbonyl (C=O) groups is 1. The van der Waals surface area contributed by atoms with Crippen molar-refractivity contribution in [2.45, 2.75) is 31.6 Å². The van der Waals surface area contributed by atoms with Gasteiger partial charge in [-0.2, -0.15) is 0 Å². The Balaban J connectivity index is 2.09. The summed E-state index contributed by atoms with van der Waals surface area (Å²) >= 11 is 5.82. The molecule has 0 aliphatic heterocycles. The quantitative estimate of drug-likeness (QED) is 0.849. The van der Waals surface area contributed by atoms with Crippen LogP contribution in [0, 0.1) is 5.92 Å². The molecule has 0 spiro atoms. The lowest BCUT2D eigenvalue weighted by Crippen LogP contribution is -2.07. The Bertz CT molecular complexity index is 368. The van der Waals surface area contributed by atoms with Crippen molar-refractivity contribution >= 4 is 17.6 Å². The van der Waals surface area contributed by atoms with Crippen molar-refractivity contribution < 1.29 is 9.90 Å². The number of halogens is 1. The molecular weight excluding hydrogens is 224 g/mol. The fourth-order valence-corrected chi connectivity index (χ4v) is 2.16. The van der Waals surface area contributed by atoms with Crippen LogP contribution in [-0.4, -0.2) is 11.1 Å². The summed E-state index contributed by atoms with van der Waals surface area (Å²) in [5, 5.41) is 9.61. The molecule has 2 nitrogen and oxygen atoms in total. The van der Waals surface area contributed by atoms with Crippen LogP contribution in [0.3, 0.4) is 0 Å². The van der Waals surface area contributed by atoms with E-state index in [0.29, 0.717) is 5.02 Å². The molecule has 1 aliphatic carbocycles. The first kappa shape index (κ1) is 11.5. The SMILES string of the molecule is O=C(O)CC(CC1CC1)c1ccc(Cl)cc1. The number of benzene rings is 1. The van der Waals surface area contributed by atoms with Crippen molar-refractivity contribution in [2.75, 3.05) is 0 Å². The lowest BCUT2D eigenvalue weighted by atomic mass is 9.90. The van der Waals surface area contributed by atoms with Crippen molar-refractivity contribution in [1.82, 2.24) is 0 Å². The van der Waals surface area contributed by atoms with Crippen LogP contribution in [0.4, 0.5) is 0 Å². The highest BCUT2D eigenvalue weighted by molar-refractivity contribution is 6.30. The molecule has 1 fully saturated rings. The number of aliphatic carboxylic acids is 1. The molecule has 1 aromatic rings. The van der Waals surface area contributed by atoms with Gasteiger partial charge in [-0.25, -0.2) is 0 Å². The largest absolute Gasteiger partial charge is 0.481 e. The second-order valence-corrected chi connectivity index (χ2v) is 4.96. The standard InChI is InChI=1S/C13H15ClO2/c14-12-5-3-10(4-6-12)11(8-13(15)16)7-9-1-2-9/h3-6,9,11H,1-2,7-8H2,(H,15,16). The number of hydrogen-bond acceptors (Lipinski definition) is 1. The van der Waals surface area contributed by atoms with Gasteiger partial charge in [-0.05, 0) is 36.0 Å². The van der Waals surface area contributed by atoms with Gasteiger partial charge in [-0.3, -0.25) is 4.79 Å². The molecule has 1 saturated carbocycles. The average Bonchev–Trinajstić information content (AvgIpc) is 3.01. The highest BCUT2D eigenvalue weighted by atomic mass is 35.5. The lowest BCUT2D eigenvalue weighted by molar-refractivity contribution is -0.137. The monoisotopic (exact) mass is 238 g/mol. The number of carboxylic acids is 1. The second kappa shape index (κ2) is 4.88. The molecule has 86 valence electrons. The molecule has 1 unspecified atom stereocenters. The molecule has 2 rings (SSSR count). The van der Waals surface area contributed by atoms with Gasteiger partial charge in [0.25, 0.3) is 0 Å². The Hall–Kier alpha value is -1.02. The molecule has 3 heteroatoms. The molecular formula is C13H15ClO2. The van der Waals surface area contributed by atoms with Gasteiger partial charge >= 0.3 is 5.97 Å². The van der Waals surface area contributed by atoms with E-state index in [1.165, 1.54) is 12.8 Å². The zero-order chi connectivity index (χ0) is 11.5. The number of carboxylic acid groups (broad SMARTS) is 1. The first-order valence-electron chi connectivity index (χ1n) is 5.62. The van der Waals surface area contributed by atoms with Crippen LogP contribution in [0.2, 0.25) is 5.02 Å². The third-order valence-electron chi connectivity index (χ3n) is 3.08. The highest BCUT2D eigenvalue weighted by Crippen LogP contribution is 2.40. The summed E-state index contributed by atoms with van der Waals surface area (Å²) in [6.45, 7) is 0. The van der Waals surface area contributed by atoms with Gasteiger partial charge in [0.15, 0.2) is 0 Å². The summed E-state index contributed by atoms with van der Waals surface area (Å²) in [5.74, 6) is 0.155. The first-order valence-corrected chi connectivity index (χ1v) is 6.00. The maximum atomic E-state index is 10.8. The van der Waals surface area contributed by atoms with Gasteiger partial charge in [-0.1, -0.05) is 36.6 Å². The van der Waals surface area contributed by atoms with E-state index >= 15 is 0 Å². The van der Waals surface area contributed by atoms with Crippen LogP contribution in [0.1, 0.15) is 37.2 Å². The van der Waals surface area contributed by atoms with E-state index in [2.05, 4.69) is 0 Å². The molecule has 1 N–H and O–H groups in total.